The summed E-state index contributed by atoms with van der Waals surface area (Å²) in [5.74, 6) is -1.50. The second-order valence-electron chi connectivity index (χ2n) is 9.88. The largest absolute Gasteiger partial charge is 0.481 e. The third-order valence-electron chi connectivity index (χ3n) is 6.96. The highest BCUT2D eigenvalue weighted by Crippen LogP contribution is 2.44. The molecule has 1 aliphatic carbocycles. The molecule has 2 aromatic rings. The number of carboxylic acid groups (broad SMARTS) is 1. The summed E-state index contributed by atoms with van der Waals surface area (Å²) >= 11 is 0. The zero-order chi connectivity index (χ0) is 24.7. The molecule has 2 aromatic carbocycles. The highest BCUT2D eigenvalue weighted by Gasteiger charge is 2.52. The van der Waals surface area contributed by atoms with Crippen molar-refractivity contribution in [3.05, 3.63) is 72.3 Å². The van der Waals surface area contributed by atoms with E-state index in [1.54, 1.807) is 19.9 Å². The molecule has 4 atom stereocenters. The molecule has 1 fully saturated rings. The molecule has 5 heteroatoms. The number of aryl methyl sites for hydroxylation is 1. The second-order valence-corrected chi connectivity index (χ2v) is 9.88. The van der Waals surface area contributed by atoms with E-state index in [4.69, 9.17) is 5.11 Å². The van der Waals surface area contributed by atoms with Crippen LogP contribution in [-0.4, -0.2) is 39.3 Å². The molecule has 3 rings (SSSR count). The van der Waals surface area contributed by atoms with Crippen LogP contribution in [-0.2, 0) is 16.0 Å². The smallest absolute Gasteiger partial charge is 0.303 e. The Morgan fingerprint density at radius 2 is 1.85 bits per heavy atom. The fourth-order valence-corrected chi connectivity index (χ4v) is 4.80. The molecular formula is C29H36O5. The first-order chi connectivity index (χ1) is 16.2. The third-order valence-corrected chi connectivity index (χ3v) is 6.96. The van der Waals surface area contributed by atoms with Crippen LogP contribution in [0.15, 0.2) is 66.8 Å². The summed E-state index contributed by atoms with van der Waals surface area (Å²) < 4.78 is 0. The van der Waals surface area contributed by atoms with Gasteiger partial charge in [0, 0.05) is 18.3 Å². The number of fused-ring (bicyclic) bond motifs is 1. The van der Waals surface area contributed by atoms with Gasteiger partial charge in [0.25, 0.3) is 0 Å². The number of aliphatic hydroxyl groups is 2. The molecule has 0 unspecified atom stereocenters. The molecule has 0 radical (unpaired) electrons. The Morgan fingerprint density at radius 3 is 2.59 bits per heavy atom. The van der Waals surface area contributed by atoms with Gasteiger partial charge in [-0.15, -0.1) is 0 Å². The minimum Gasteiger partial charge on any atom is -0.481 e. The summed E-state index contributed by atoms with van der Waals surface area (Å²) in [6.45, 7) is 3.54. The van der Waals surface area contributed by atoms with Crippen molar-refractivity contribution < 1.29 is 24.9 Å². The zero-order valence-electron chi connectivity index (χ0n) is 20.1. The molecule has 34 heavy (non-hydrogen) atoms. The fourth-order valence-electron chi connectivity index (χ4n) is 4.80. The van der Waals surface area contributed by atoms with E-state index in [0.717, 1.165) is 12.0 Å². The van der Waals surface area contributed by atoms with Gasteiger partial charge >= 0.3 is 5.97 Å². The van der Waals surface area contributed by atoms with Crippen LogP contribution in [0.5, 0.6) is 0 Å². The highest BCUT2D eigenvalue weighted by molar-refractivity contribution is 5.90. The van der Waals surface area contributed by atoms with Gasteiger partial charge in [-0.25, -0.2) is 0 Å². The number of carbonyl (C=O) groups is 2. The first kappa shape index (κ1) is 25.9. The van der Waals surface area contributed by atoms with Gasteiger partial charge in [-0.05, 0) is 48.4 Å². The molecular weight excluding hydrogens is 428 g/mol. The normalized spacial score (nSPS) is 23.3. The molecule has 0 aromatic heterocycles. The van der Waals surface area contributed by atoms with Gasteiger partial charge in [0.15, 0.2) is 0 Å². The summed E-state index contributed by atoms with van der Waals surface area (Å²) in [5.41, 5.74) is 0.321. The SMILES string of the molecule is CC1(C)C(=O)[C@H](C/C=C\CCCC(=O)O)[C@@H](/C=C/[C@@H](O)CCc2ccc3ccccc3c2)[C@@H]1O. The molecule has 0 heterocycles. The lowest BCUT2D eigenvalue weighted by Gasteiger charge is -2.22. The molecule has 0 aliphatic heterocycles. The van der Waals surface area contributed by atoms with Crippen molar-refractivity contribution in [2.45, 2.75) is 64.6 Å². The van der Waals surface area contributed by atoms with Crippen molar-refractivity contribution in [2.75, 3.05) is 0 Å². The van der Waals surface area contributed by atoms with Gasteiger partial charge in [-0.2, -0.15) is 0 Å². The maximum Gasteiger partial charge on any atom is 0.303 e. The molecule has 0 bridgehead atoms. The summed E-state index contributed by atoms with van der Waals surface area (Å²) in [5, 5.41) is 32.5. The van der Waals surface area contributed by atoms with Crippen LogP contribution in [0.4, 0.5) is 0 Å². The van der Waals surface area contributed by atoms with Gasteiger partial charge in [-0.3, -0.25) is 9.59 Å². The molecule has 3 N–H and O–H groups in total. The van der Waals surface area contributed by atoms with Crippen molar-refractivity contribution in [1.29, 1.82) is 0 Å². The van der Waals surface area contributed by atoms with Gasteiger partial charge < -0.3 is 15.3 Å². The Kier molecular flexibility index (Phi) is 8.81. The van der Waals surface area contributed by atoms with Crippen LogP contribution in [0, 0.1) is 17.3 Å². The molecule has 0 amide bonds. The number of hydrogen-bond donors (Lipinski definition) is 3. The maximum absolute atomic E-state index is 13.0. The lowest BCUT2D eigenvalue weighted by Crippen LogP contribution is -2.31. The standard InChI is InChI=1S/C29H36O5/c1-29(2)27(33)24(11-5-3-4-6-12-26(31)32)25(28(29)34)18-17-23(30)16-14-20-13-15-21-9-7-8-10-22(21)19-20/h3,5,7-10,13,15,17-19,23-25,28,30,34H,4,6,11-12,14,16H2,1-2H3,(H,31,32)/b5-3-,18-17+/t23-,24+,25+,28-/m0/s1. The predicted molar refractivity (Wildman–Crippen MR) is 134 cm³/mol. The van der Waals surface area contributed by atoms with Gasteiger partial charge in [0.1, 0.15) is 5.78 Å². The van der Waals surface area contributed by atoms with Crippen LogP contribution >= 0.6 is 0 Å². The van der Waals surface area contributed by atoms with Crippen molar-refractivity contribution in [3.8, 4) is 0 Å². The topological polar surface area (TPSA) is 94.8 Å². The van der Waals surface area contributed by atoms with E-state index in [1.165, 1.54) is 10.8 Å². The molecule has 1 aliphatic rings. The maximum atomic E-state index is 13.0. The average molecular weight is 465 g/mol. The molecule has 0 spiro atoms. The van der Waals surface area contributed by atoms with Crippen molar-refractivity contribution in [3.63, 3.8) is 0 Å². The molecule has 182 valence electrons. The van der Waals surface area contributed by atoms with Gasteiger partial charge in [-0.1, -0.05) is 80.6 Å². The molecule has 1 saturated carbocycles. The Bertz CT molecular complexity index is 1050. The number of aliphatic hydroxyl groups excluding tert-OH is 2. The predicted octanol–water partition coefficient (Wildman–Crippen LogP) is 5.09. The quantitative estimate of drug-likeness (QED) is 0.318. The molecule has 0 saturated heterocycles. The Morgan fingerprint density at radius 1 is 1.12 bits per heavy atom. The van der Waals surface area contributed by atoms with E-state index < -0.39 is 23.6 Å². The summed E-state index contributed by atoms with van der Waals surface area (Å²) in [6, 6.07) is 14.5. The minimum absolute atomic E-state index is 0.0236. The number of carboxylic acids is 1. The van der Waals surface area contributed by atoms with Crippen LogP contribution in [0.25, 0.3) is 10.8 Å². The van der Waals surface area contributed by atoms with E-state index in [0.29, 0.717) is 25.7 Å². The number of Topliss-reactive ketones (excluding diaryl/α,β-unsaturated/α-hetero) is 1. The Labute approximate surface area is 201 Å². The summed E-state index contributed by atoms with van der Waals surface area (Å²) in [7, 11) is 0. The molecule has 5 nitrogen and oxygen atoms in total. The minimum atomic E-state index is -0.840. The van der Waals surface area contributed by atoms with E-state index in [1.807, 2.05) is 30.4 Å². The third kappa shape index (κ3) is 6.43. The summed E-state index contributed by atoms with van der Waals surface area (Å²) in [4.78, 5) is 23.6. The van der Waals surface area contributed by atoms with E-state index in [9.17, 15) is 19.8 Å². The monoisotopic (exact) mass is 464 g/mol. The van der Waals surface area contributed by atoms with Crippen molar-refractivity contribution in [2.24, 2.45) is 17.3 Å². The van der Waals surface area contributed by atoms with Gasteiger partial charge in [0.05, 0.1) is 17.6 Å². The fraction of sp³-hybridized carbons (Fsp3) is 0.448. The van der Waals surface area contributed by atoms with Crippen LogP contribution in [0.3, 0.4) is 0 Å². The Balaban J connectivity index is 1.59. The first-order valence-corrected chi connectivity index (χ1v) is 12.1. The number of ketones is 1. The lowest BCUT2D eigenvalue weighted by molar-refractivity contribution is -0.137. The van der Waals surface area contributed by atoms with Crippen LogP contribution < -0.4 is 0 Å². The highest BCUT2D eigenvalue weighted by atomic mass is 16.4. The van der Waals surface area contributed by atoms with Crippen molar-refractivity contribution in [1.82, 2.24) is 0 Å². The van der Waals surface area contributed by atoms with Crippen LogP contribution in [0.1, 0.15) is 51.5 Å². The van der Waals surface area contributed by atoms with E-state index in [-0.39, 0.29) is 24.0 Å². The number of allylic oxidation sites excluding steroid dienone is 2. The number of carbonyl (C=O) groups excluding carboxylic acids is 1. The summed E-state index contributed by atoms with van der Waals surface area (Å²) in [6.07, 6.45) is 8.99. The number of unbranched alkanes of at least 4 members (excludes halogenated alkanes) is 1. The number of benzene rings is 2. The van der Waals surface area contributed by atoms with Gasteiger partial charge in [0.2, 0.25) is 0 Å². The number of rotatable bonds is 11. The average Bonchev–Trinajstić information content (AvgIpc) is 2.97. The van der Waals surface area contributed by atoms with Crippen molar-refractivity contribution >= 4 is 22.5 Å². The Hall–Kier alpha value is -2.76. The van der Waals surface area contributed by atoms with E-state index >= 15 is 0 Å². The number of hydrogen-bond acceptors (Lipinski definition) is 4. The lowest BCUT2D eigenvalue weighted by atomic mass is 9.86. The first-order valence-electron chi connectivity index (χ1n) is 12.1. The number of aliphatic carboxylic acids is 1. The second kappa shape index (κ2) is 11.6. The van der Waals surface area contributed by atoms with Crippen LogP contribution in [0.2, 0.25) is 0 Å². The zero-order valence-corrected chi connectivity index (χ0v) is 20.1. The van der Waals surface area contributed by atoms with E-state index in [2.05, 4.69) is 30.3 Å².